The van der Waals surface area contributed by atoms with Gasteiger partial charge in [0, 0.05) is 90.0 Å². The molecule has 1 aliphatic carbocycles. The van der Waals surface area contributed by atoms with Crippen LogP contribution in [0.5, 0.6) is 23.0 Å². The van der Waals surface area contributed by atoms with Crippen LogP contribution in [0.2, 0.25) is 0 Å². The quantitative estimate of drug-likeness (QED) is 0.113. The number of hydrogen-bond donors (Lipinski definition) is 0. The van der Waals surface area contributed by atoms with Gasteiger partial charge in [0.05, 0.1) is 22.7 Å². The van der Waals surface area contributed by atoms with Crippen LogP contribution in [0, 0.1) is 0 Å². The lowest BCUT2D eigenvalue weighted by molar-refractivity contribution is 0.492. The lowest BCUT2D eigenvalue weighted by atomic mass is 9.28. The van der Waals surface area contributed by atoms with E-state index in [4.69, 9.17) is 9.47 Å². The summed E-state index contributed by atoms with van der Waals surface area (Å²) in [5, 5.41) is 0. The van der Waals surface area contributed by atoms with E-state index in [0.717, 1.165) is 226 Å². The van der Waals surface area contributed by atoms with Crippen molar-refractivity contribution in [2.75, 3.05) is 19.6 Å². The number of allylic oxidation sites excluding steroid dienone is 4. The Morgan fingerprint density at radius 3 is 0.961 bits per heavy atom. The summed E-state index contributed by atoms with van der Waals surface area (Å²) in [6, 6.07) is 154. The fourth-order valence-electron chi connectivity index (χ4n) is 21.9. The highest BCUT2D eigenvalue weighted by Gasteiger charge is 2.56. The molecular weight excluding hydrogens is 1540 g/mol. The summed E-state index contributed by atoms with van der Waals surface area (Å²) in [5.74, 6) is 3.31. The summed E-state index contributed by atoms with van der Waals surface area (Å²) < 4.78 is 17.7. The molecule has 7 aliphatic rings. The van der Waals surface area contributed by atoms with Crippen LogP contribution in [0.4, 0.5) is 62.6 Å². The number of para-hydroxylation sites is 7. The van der Waals surface area contributed by atoms with E-state index in [1.807, 2.05) is 0 Å². The third-order valence-corrected chi connectivity index (χ3v) is 27.4. The molecule has 0 spiro atoms. The average molecular weight is 1620 g/mol. The molecule has 0 N–H and O–H groups in total. The second-order valence-electron chi connectivity index (χ2n) is 35.4. The molecule has 6 heterocycles. The predicted molar refractivity (Wildman–Crippen MR) is 534 cm³/mol. The Balaban J connectivity index is 0.920. The van der Waals surface area contributed by atoms with Crippen molar-refractivity contribution in [2.24, 2.45) is 0 Å². The van der Waals surface area contributed by atoms with Crippen LogP contribution in [-0.4, -0.2) is 20.1 Å². The second-order valence-corrected chi connectivity index (χ2v) is 35.4. The summed E-state index contributed by atoms with van der Waals surface area (Å²) in [4.78, 5) is 10.7. The first-order valence-corrected chi connectivity index (χ1v) is 44.5. The van der Waals surface area contributed by atoms with Crippen LogP contribution in [0.15, 0.2) is 436 Å². The van der Waals surface area contributed by atoms with Gasteiger partial charge in [0.25, 0.3) is 20.1 Å². The summed E-state index contributed by atoms with van der Waals surface area (Å²) in [6.07, 6.45) is 6.58. The lowest BCUT2D eigenvalue weighted by Gasteiger charge is -2.50. The smallest absolute Gasteiger partial charge is 0.261 e. The van der Waals surface area contributed by atoms with Crippen molar-refractivity contribution in [1.82, 2.24) is 0 Å². The van der Waals surface area contributed by atoms with Crippen LogP contribution in [0.25, 0.3) is 89.0 Å². The van der Waals surface area contributed by atoms with E-state index in [9.17, 15) is 0 Å². The van der Waals surface area contributed by atoms with Crippen LogP contribution in [-0.2, 0) is 5.41 Å². The van der Waals surface area contributed by atoms with E-state index < -0.39 is 12.1 Å². The molecule has 6 nitrogen and oxygen atoms in total. The van der Waals surface area contributed by atoms with Crippen LogP contribution >= 0.6 is 0 Å². The van der Waals surface area contributed by atoms with Gasteiger partial charge in [-0.15, -0.1) is 0 Å². The highest BCUT2D eigenvalue weighted by atomic mass is 16.5. The summed E-state index contributed by atoms with van der Waals surface area (Å²) in [6.45, 7) is 5.90. The maximum Gasteiger partial charge on any atom is 0.261 e. The van der Waals surface area contributed by atoms with E-state index in [-0.39, 0.29) is 13.4 Å². The Kier molecular flexibility index (Phi) is 17.3. The molecule has 0 fully saturated rings. The number of fused-ring (bicyclic) bond motifs is 13. The highest BCUT2D eigenvalue weighted by molar-refractivity contribution is 7.05. The number of nitrogens with zero attached hydrogens (tertiary/aromatic N) is 4. The highest BCUT2D eigenvalue weighted by Crippen LogP contribution is 2.60. The summed E-state index contributed by atoms with van der Waals surface area (Å²) >= 11 is 0. The first-order valence-electron chi connectivity index (χ1n) is 44.5. The van der Waals surface area contributed by atoms with Gasteiger partial charge in [0.1, 0.15) is 23.0 Å². The molecular formula is C118H83B3N4O2. The maximum atomic E-state index is 8.84. The van der Waals surface area contributed by atoms with Gasteiger partial charge in [-0.1, -0.05) is 403 Å². The molecule has 0 amide bonds. The minimum absolute atomic E-state index is 0.299. The van der Waals surface area contributed by atoms with Gasteiger partial charge in [-0.25, -0.2) is 0 Å². The molecule has 0 saturated carbocycles. The molecule has 0 bridgehead atoms. The first-order chi connectivity index (χ1) is 62.8. The molecule has 0 aromatic heterocycles. The monoisotopic (exact) mass is 1620 g/mol. The third-order valence-electron chi connectivity index (χ3n) is 27.4. The standard InChI is InChI=1S/C118H83B3N4O2/c1-118(2,3)84-72-101-107-102(73-84)125(113-89(80-48-20-8-21-49-80)60-37-61-90(113)81-50-22-9-23-51-81)106-75-104-109-117(127-115-92(83-54-26-11-27-55-83)63-39-67-96(115)120(109)94-65-31-35-71-100(94)123(104)98-69-33-29-57-86(98)77-42-14-5-15-43-77)111(106)121(107)110-105(124(101)112-87(78-44-16-6-17-45-78)58-36-59-88(112)79-46-18-7-19-47-79)74-103-108-116(110)126-114-91(82-52-24-10-25-53-82)62-38-66-95(114)119(108)93-64-30-34-70-99(93)122(103)97-68-32-28-56-85(97)76-40-12-4-13-41-76/h4-34,36-70,72-75H,35,71H2,1-3H3. The first kappa shape index (κ1) is 74.1. The fourth-order valence-corrected chi connectivity index (χ4v) is 21.9. The van der Waals surface area contributed by atoms with E-state index in [1.54, 1.807) is 0 Å². The van der Waals surface area contributed by atoms with E-state index in [0.29, 0.717) is 0 Å². The summed E-state index contributed by atoms with van der Waals surface area (Å²) in [7, 11) is 0. The molecule has 0 saturated heterocycles. The van der Waals surface area contributed by atoms with Gasteiger partial charge in [0.2, 0.25) is 0 Å². The van der Waals surface area contributed by atoms with Gasteiger partial charge in [-0.2, -0.15) is 0 Å². The molecule has 0 radical (unpaired) electrons. The largest absolute Gasteiger partial charge is 0.458 e. The Bertz CT molecular complexity index is 7460. The molecule has 0 unspecified atom stereocenters. The van der Waals surface area contributed by atoms with E-state index >= 15 is 0 Å². The Labute approximate surface area is 742 Å². The number of hydrogen-bond acceptors (Lipinski definition) is 6. The molecule has 6 aliphatic heterocycles. The lowest BCUT2D eigenvalue weighted by Crippen LogP contribution is -2.67. The minimum Gasteiger partial charge on any atom is -0.458 e. The molecule has 18 aromatic rings. The van der Waals surface area contributed by atoms with E-state index in [2.05, 4.69) is 465 Å². The number of ether oxygens (including phenoxy) is 2. The van der Waals surface area contributed by atoms with Crippen molar-refractivity contribution in [3.8, 4) is 112 Å². The zero-order valence-corrected chi connectivity index (χ0v) is 70.7. The Hall–Kier alpha value is -15.6. The molecule has 18 aromatic carbocycles. The molecule has 596 valence electrons. The van der Waals surface area contributed by atoms with Crippen molar-refractivity contribution >= 4 is 126 Å². The second kappa shape index (κ2) is 29.6. The van der Waals surface area contributed by atoms with Crippen molar-refractivity contribution in [3.63, 3.8) is 0 Å². The fraction of sp³-hybridized carbons (Fsp3) is 0.0508. The van der Waals surface area contributed by atoms with Crippen molar-refractivity contribution < 1.29 is 9.47 Å². The molecule has 9 heteroatoms. The zero-order valence-electron chi connectivity index (χ0n) is 70.7. The van der Waals surface area contributed by atoms with Gasteiger partial charge < -0.3 is 29.1 Å². The van der Waals surface area contributed by atoms with Gasteiger partial charge in [-0.3, -0.25) is 0 Å². The average Bonchev–Trinajstić information content (AvgIpc) is 0.661. The van der Waals surface area contributed by atoms with Crippen molar-refractivity contribution in [3.05, 3.63) is 441 Å². The van der Waals surface area contributed by atoms with Crippen molar-refractivity contribution in [2.45, 2.75) is 39.0 Å². The molecule has 0 atom stereocenters. The molecule has 25 rings (SSSR count). The maximum absolute atomic E-state index is 8.84. The molecule has 127 heavy (non-hydrogen) atoms. The Morgan fingerprint density at radius 2 is 0.535 bits per heavy atom. The topological polar surface area (TPSA) is 31.4 Å². The zero-order chi connectivity index (χ0) is 84.1. The minimum atomic E-state index is -0.660. The SMILES string of the molecule is CC(C)(C)c1cc2c3c(c1)N(c1c(-c4ccccc4)cccc1-c1ccccc1)c1cc4c5c(c1B3c1c(cc3c6c1Oc1c(cccc1-c1ccccc1)B6C1=C(CCC=C1)N3c1ccccc1-c1ccccc1)N2c1c(-c2ccccc2)cccc1-c1ccccc1)Oc1c(cccc1-c1ccccc1)B5c1ccccc1N4c1ccccc1-c1ccccc1. The van der Waals surface area contributed by atoms with Gasteiger partial charge >= 0.3 is 0 Å². The van der Waals surface area contributed by atoms with Gasteiger partial charge in [-0.05, 0) is 160 Å². The van der Waals surface area contributed by atoms with E-state index in [1.165, 1.54) is 22.2 Å². The third kappa shape index (κ3) is 11.6. The number of benzene rings is 18. The Morgan fingerprint density at radius 1 is 0.236 bits per heavy atom. The van der Waals surface area contributed by atoms with Crippen LogP contribution in [0.1, 0.15) is 39.2 Å². The normalized spacial score (nSPS) is 13.8. The number of anilines is 11. The van der Waals surface area contributed by atoms with Gasteiger partial charge in [0.15, 0.2) is 0 Å². The van der Waals surface area contributed by atoms with Crippen molar-refractivity contribution in [1.29, 1.82) is 0 Å². The predicted octanol–water partition coefficient (Wildman–Crippen LogP) is 25.8. The van der Waals surface area contributed by atoms with Crippen LogP contribution < -0.4 is 72.8 Å². The van der Waals surface area contributed by atoms with Crippen LogP contribution in [0.3, 0.4) is 0 Å². The number of rotatable bonds is 12. The summed E-state index contributed by atoms with van der Waals surface area (Å²) in [5.41, 5.74) is 41.0.